The minimum atomic E-state index is -0.684. The van der Waals surface area contributed by atoms with Gasteiger partial charge in [-0.05, 0) is 68.3 Å². The van der Waals surface area contributed by atoms with Gasteiger partial charge >= 0.3 is 5.97 Å². The van der Waals surface area contributed by atoms with E-state index in [1.54, 1.807) is 0 Å². The highest BCUT2D eigenvalue weighted by Gasteiger charge is 2.69. The van der Waals surface area contributed by atoms with Crippen molar-refractivity contribution in [2.45, 2.75) is 71.0 Å². The summed E-state index contributed by atoms with van der Waals surface area (Å²) in [5.41, 5.74) is -0.190. The third kappa shape index (κ3) is 1.74. The second kappa shape index (κ2) is 4.85. The molecule has 1 spiro atoms. The SMILES string of the molecule is C=C1C2CC3(CCC4C(C)(C(=O)O)CCCC4(C)C3CC2O)C1O. The summed E-state index contributed by atoms with van der Waals surface area (Å²) in [5.74, 6) is -0.356. The number of carboxylic acids is 1. The van der Waals surface area contributed by atoms with Gasteiger partial charge in [0, 0.05) is 11.3 Å². The molecule has 0 radical (unpaired) electrons. The Morgan fingerprint density at radius 1 is 1.17 bits per heavy atom. The molecule has 24 heavy (non-hydrogen) atoms. The van der Waals surface area contributed by atoms with Crippen LogP contribution in [0.25, 0.3) is 0 Å². The summed E-state index contributed by atoms with van der Waals surface area (Å²) in [5, 5.41) is 31.6. The van der Waals surface area contributed by atoms with E-state index >= 15 is 0 Å². The molecule has 0 saturated heterocycles. The maximum atomic E-state index is 12.1. The molecule has 8 unspecified atom stereocenters. The first-order valence-corrected chi connectivity index (χ1v) is 9.45. The number of carbonyl (C=O) groups is 1. The Bertz CT molecular complexity index is 600. The van der Waals surface area contributed by atoms with Crippen molar-refractivity contribution in [1.82, 2.24) is 0 Å². The molecule has 0 aromatic rings. The van der Waals surface area contributed by atoms with Crippen LogP contribution in [-0.4, -0.2) is 33.5 Å². The van der Waals surface area contributed by atoms with E-state index in [0.717, 1.165) is 44.1 Å². The van der Waals surface area contributed by atoms with Crippen LogP contribution in [0.5, 0.6) is 0 Å². The Kier molecular flexibility index (Phi) is 3.35. The highest BCUT2D eigenvalue weighted by molar-refractivity contribution is 5.75. The number of aliphatic hydroxyl groups excluding tert-OH is 2. The first kappa shape index (κ1) is 16.6. The van der Waals surface area contributed by atoms with Crippen molar-refractivity contribution in [2.24, 2.45) is 34.0 Å². The van der Waals surface area contributed by atoms with Crippen LogP contribution >= 0.6 is 0 Å². The molecule has 8 atom stereocenters. The minimum Gasteiger partial charge on any atom is -0.481 e. The number of rotatable bonds is 1. The normalized spacial score (nSPS) is 56.5. The molecule has 3 N–H and O–H groups in total. The number of aliphatic hydroxyl groups is 2. The van der Waals surface area contributed by atoms with Crippen LogP contribution < -0.4 is 0 Å². The molecule has 0 amide bonds. The average molecular weight is 334 g/mol. The molecule has 134 valence electrons. The van der Waals surface area contributed by atoms with E-state index in [1.165, 1.54) is 0 Å². The van der Waals surface area contributed by atoms with Crippen LogP contribution in [0.2, 0.25) is 0 Å². The van der Waals surface area contributed by atoms with Crippen molar-refractivity contribution in [2.75, 3.05) is 0 Å². The van der Waals surface area contributed by atoms with Crippen LogP contribution in [0.15, 0.2) is 12.2 Å². The molecule has 0 aliphatic heterocycles. The lowest BCUT2D eigenvalue weighted by atomic mass is 9.40. The highest BCUT2D eigenvalue weighted by Crippen LogP contribution is 2.72. The Morgan fingerprint density at radius 2 is 1.88 bits per heavy atom. The number of carboxylic acid groups (broad SMARTS) is 1. The Labute approximate surface area is 144 Å². The third-order valence-electron chi connectivity index (χ3n) is 8.77. The van der Waals surface area contributed by atoms with Crippen LogP contribution in [0.1, 0.15) is 58.8 Å². The van der Waals surface area contributed by atoms with Crippen molar-refractivity contribution in [3.8, 4) is 0 Å². The average Bonchev–Trinajstić information content (AvgIpc) is 2.73. The Morgan fingerprint density at radius 3 is 2.54 bits per heavy atom. The lowest BCUT2D eigenvalue weighted by Gasteiger charge is -2.64. The smallest absolute Gasteiger partial charge is 0.309 e. The summed E-state index contributed by atoms with van der Waals surface area (Å²) in [7, 11) is 0. The first-order chi connectivity index (χ1) is 11.2. The lowest BCUT2D eigenvalue weighted by molar-refractivity contribution is -0.196. The number of hydrogen-bond acceptors (Lipinski definition) is 3. The molecular formula is C20H30O4. The number of aliphatic carboxylic acids is 1. The fraction of sp³-hybridized carbons (Fsp3) is 0.850. The summed E-state index contributed by atoms with van der Waals surface area (Å²) in [6.45, 7) is 8.25. The maximum Gasteiger partial charge on any atom is 0.309 e. The number of fused-ring (bicyclic) bond motifs is 3. The van der Waals surface area contributed by atoms with Crippen LogP contribution in [0.3, 0.4) is 0 Å². The monoisotopic (exact) mass is 334 g/mol. The van der Waals surface area contributed by atoms with Gasteiger partial charge in [-0.3, -0.25) is 4.79 Å². The van der Waals surface area contributed by atoms with Crippen LogP contribution in [0.4, 0.5) is 0 Å². The summed E-state index contributed by atoms with van der Waals surface area (Å²) in [6, 6.07) is 0. The topological polar surface area (TPSA) is 77.8 Å². The van der Waals surface area contributed by atoms with Gasteiger partial charge in [-0.15, -0.1) is 0 Å². The maximum absolute atomic E-state index is 12.1. The summed E-state index contributed by atoms with van der Waals surface area (Å²) >= 11 is 0. The van der Waals surface area contributed by atoms with Crippen LogP contribution in [0, 0.1) is 34.0 Å². The van der Waals surface area contributed by atoms with Crippen molar-refractivity contribution < 1.29 is 20.1 Å². The summed E-state index contributed by atoms with van der Waals surface area (Å²) < 4.78 is 0. The molecule has 0 aromatic heterocycles. The van der Waals surface area contributed by atoms with Gasteiger partial charge in [0.15, 0.2) is 0 Å². The van der Waals surface area contributed by atoms with E-state index in [1.807, 2.05) is 6.92 Å². The molecule has 0 heterocycles. The second-order valence-electron chi connectivity index (χ2n) is 9.55. The minimum absolute atomic E-state index is 0.0193. The Hall–Kier alpha value is -0.870. The van der Waals surface area contributed by atoms with Gasteiger partial charge in [-0.25, -0.2) is 0 Å². The van der Waals surface area contributed by atoms with Gasteiger partial charge in [0.1, 0.15) is 0 Å². The zero-order chi connectivity index (χ0) is 17.5. The molecule has 4 fully saturated rings. The zero-order valence-electron chi connectivity index (χ0n) is 14.8. The molecule has 0 aromatic carbocycles. The van der Waals surface area contributed by atoms with E-state index in [2.05, 4.69) is 13.5 Å². The molecule has 4 nitrogen and oxygen atoms in total. The van der Waals surface area contributed by atoms with E-state index in [4.69, 9.17) is 0 Å². The molecule has 4 aliphatic carbocycles. The summed E-state index contributed by atoms with van der Waals surface area (Å²) in [6.07, 6.45) is 4.91. The van der Waals surface area contributed by atoms with E-state index in [0.29, 0.717) is 6.42 Å². The van der Waals surface area contributed by atoms with E-state index in [-0.39, 0.29) is 28.6 Å². The van der Waals surface area contributed by atoms with Gasteiger partial charge in [0.25, 0.3) is 0 Å². The zero-order valence-corrected chi connectivity index (χ0v) is 14.8. The van der Waals surface area contributed by atoms with Gasteiger partial charge in [-0.1, -0.05) is 19.9 Å². The van der Waals surface area contributed by atoms with Gasteiger partial charge < -0.3 is 15.3 Å². The molecule has 4 heteroatoms. The number of hydrogen-bond donors (Lipinski definition) is 3. The molecular weight excluding hydrogens is 304 g/mol. The first-order valence-electron chi connectivity index (χ1n) is 9.45. The van der Waals surface area contributed by atoms with Gasteiger partial charge in [-0.2, -0.15) is 0 Å². The quantitative estimate of drug-likeness (QED) is 0.644. The fourth-order valence-corrected chi connectivity index (χ4v) is 7.57. The van der Waals surface area contributed by atoms with Crippen molar-refractivity contribution >= 4 is 5.97 Å². The third-order valence-corrected chi connectivity index (χ3v) is 8.77. The van der Waals surface area contributed by atoms with Gasteiger partial charge in [0.2, 0.25) is 0 Å². The van der Waals surface area contributed by atoms with E-state index < -0.39 is 23.6 Å². The summed E-state index contributed by atoms with van der Waals surface area (Å²) in [4.78, 5) is 12.1. The molecule has 4 saturated carbocycles. The van der Waals surface area contributed by atoms with Crippen molar-refractivity contribution in [3.05, 3.63) is 12.2 Å². The largest absolute Gasteiger partial charge is 0.481 e. The molecule has 2 bridgehead atoms. The highest BCUT2D eigenvalue weighted by atomic mass is 16.4. The fourth-order valence-electron chi connectivity index (χ4n) is 7.57. The standard InChI is InChI=1S/C20H30O4/c1-11-12-10-20(16(11)22)8-5-14-18(2,15(20)9-13(12)21)6-4-7-19(14,3)17(23)24/h12-16,21-22H,1,4-10H2,2-3H3,(H,23,24). The van der Waals surface area contributed by atoms with E-state index in [9.17, 15) is 20.1 Å². The predicted octanol–water partition coefficient (Wildman–Crippen LogP) is 2.98. The van der Waals surface area contributed by atoms with Crippen molar-refractivity contribution in [1.29, 1.82) is 0 Å². The predicted molar refractivity (Wildman–Crippen MR) is 90.2 cm³/mol. The van der Waals surface area contributed by atoms with Gasteiger partial charge in [0.05, 0.1) is 17.6 Å². The second-order valence-corrected chi connectivity index (χ2v) is 9.55. The lowest BCUT2D eigenvalue weighted by Crippen LogP contribution is -2.61. The molecule has 4 rings (SSSR count). The van der Waals surface area contributed by atoms with Crippen LogP contribution in [-0.2, 0) is 4.79 Å². The Balaban J connectivity index is 1.80. The molecule has 4 aliphatic rings. The van der Waals surface area contributed by atoms with Crippen molar-refractivity contribution in [3.63, 3.8) is 0 Å².